The van der Waals surface area contributed by atoms with Crippen LogP contribution in [0.3, 0.4) is 0 Å². The maximum atomic E-state index is 9.87. The second-order valence-corrected chi connectivity index (χ2v) is 6.86. The molecule has 1 aromatic heterocycles. The minimum atomic E-state index is 0.287. The Kier molecular flexibility index (Phi) is 5.40. The van der Waals surface area contributed by atoms with Gasteiger partial charge in [0.1, 0.15) is 11.4 Å². The third kappa shape index (κ3) is 3.36. The van der Waals surface area contributed by atoms with Gasteiger partial charge in [-0.25, -0.2) is 0 Å². The van der Waals surface area contributed by atoms with Gasteiger partial charge < -0.3 is 10.0 Å². The Labute approximate surface area is 155 Å². The summed E-state index contributed by atoms with van der Waals surface area (Å²) in [5, 5.41) is 21.4. The minimum absolute atomic E-state index is 0.287. The maximum absolute atomic E-state index is 9.87. The van der Waals surface area contributed by atoms with Crippen LogP contribution in [0.5, 0.6) is 5.75 Å². The first-order chi connectivity index (χ1) is 12.6. The van der Waals surface area contributed by atoms with Crippen LogP contribution in [0.25, 0.3) is 22.0 Å². The number of hydrogen-bond acceptors (Lipinski definition) is 4. The van der Waals surface area contributed by atoms with E-state index < -0.39 is 0 Å². The van der Waals surface area contributed by atoms with E-state index in [-0.39, 0.29) is 5.75 Å². The lowest BCUT2D eigenvalue weighted by Crippen LogP contribution is -2.26. The maximum Gasteiger partial charge on any atom is 0.159 e. The zero-order chi connectivity index (χ0) is 18.7. The average molecular weight is 349 g/mol. The molecule has 1 heterocycles. The Balaban J connectivity index is 2.24. The number of aromatic nitrogens is 2. The topological polar surface area (TPSA) is 49.2 Å². The summed E-state index contributed by atoms with van der Waals surface area (Å²) in [5.74, 6) is 1.25. The molecule has 0 fully saturated rings. The van der Waals surface area contributed by atoms with Gasteiger partial charge >= 0.3 is 0 Å². The van der Waals surface area contributed by atoms with Gasteiger partial charge in [0, 0.05) is 29.4 Å². The molecule has 2 aromatic carbocycles. The third-order valence-corrected chi connectivity index (χ3v) is 4.71. The van der Waals surface area contributed by atoms with Crippen LogP contribution >= 0.6 is 0 Å². The molecule has 0 radical (unpaired) electrons. The number of aryl methyl sites for hydroxylation is 2. The van der Waals surface area contributed by atoms with Crippen LogP contribution in [-0.4, -0.2) is 28.4 Å². The largest absolute Gasteiger partial charge is 0.508 e. The Morgan fingerprint density at radius 2 is 1.46 bits per heavy atom. The first kappa shape index (κ1) is 18.2. The van der Waals surface area contributed by atoms with Gasteiger partial charge in [-0.3, -0.25) is 0 Å². The van der Waals surface area contributed by atoms with Gasteiger partial charge in [-0.15, -0.1) is 10.2 Å². The van der Waals surface area contributed by atoms with Crippen molar-refractivity contribution in [3.05, 3.63) is 47.5 Å². The monoisotopic (exact) mass is 349 g/mol. The zero-order valence-electron chi connectivity index (χ0n) is 16.1. The van der Waals surface area contributed by atoms with Crippen molar-refractivity contribution in [3.63, 3.8) is 0 Å². The van der Waals surface area contributed by atoms with Crippen LogP contribution in [0.1, 0.15) is 37.8 Å². The molecule has 26 heavy (non-hydrogen) atoms. The average Bonchev–Trinajstić information content (AvgIpc) is 2.61. The van der Waals surface area contributed by atoms with Crippen molar-refractivity contribution in [3.8, 4) is 17.0 Å². The van der Waals surface area contributed by atoms with Gasteiger partial charge in [0.05, 0.1) is 0 Å². The second kappa shape index (κ2) is 7.73. The number of aromatic hydroxyl groups is 1. The molecule has 3 rings (SSSR count). The van der Waals surface area contributed by atoms with Gasteiger partial charge in [-0.1, -0.05) is 38.1 Å². The molecule has 3 aromatic rings. The molecule has 0 aliphatic rings. The quantitative estimate of drug-likeness (QED) is 0.660. The van der Waals surface area contributed by atoms with Crippen LogP contribution in [0.15, 0.2) is 36.4 Å². The number of fused-ring (bicyclic) bond motifs is 1. The molecule has 0 bridgehead atoms. The van der Waals surface area contributed by atoms with E-state index in [1.165, 1.54) is 0 Å². The van der Waals surface area contributed by atoms with Crippen molar-refractivity contribution < 1.29 is 5.11 Å². The highest BCUT2D eigenvalue weighted by Crippen LogP contribution is 2.36. The predicted octanol–water partition coefficient (Wildman–Crippen LogP) is 5.25. The molecule has 0 saturated carbocycles. The Morgan fingerprint density at radius 3 is 2.04 bits per heavy atom. The minimum Gasteiger partial charge on any atom is -0.508 e. The van der Waals surface area contributed by atoms with Gasteiger partial charge in [0.25, 0.3) is 0 Å². The summed E-state index contributed by atoms with van der Waals surface area (Å²) in [6, 6.07) is 11.9. The van der Waals surface area contributed by atoms with Gasteiger partial charge in [0.15, 0.2) is 5.82 Å². The van der Waals surface area contributed by atoms with E-state index in [4.69, 9.17) is 0 Å². The molecule has 0 unspecified atom stereocenters. The molecule has 0 aliphatic heterocycles. The van der Waals surface area contributed by atoms with E-state index in [1.807, 2.05) is 19.9 Å². The Bertz CT molecular complexity index is 891. The number of benzene rings is 2. The molecule has 0 saturated heterocycles. The summed E-state index contributed by atoms with van der Waals surface area (Å²) < 4.78 is 0. The molecule has 4 heteroatoms. The molecular formula is C22H27N3O. The van der Waals surface area contributed by atoms with E-state index in [1.54, 1.807) is 12.1 Å². The van der Waals surface area contributed by atoms with Crippen molar-refractivity contribution >= 4 is 16.6 Å². The number of anilines is 1. The van der Waals surface area contributed by atoms with Crippen molar-refractivity contribution in [2.24, 2.45) is 0 Å². The highest BCUT2D eigenvalue weighted by Gasteiger charge is 2.17. The molecule has 0 amide bonds. The smallest absolute Gasteiger partial charge is 0.159 e. The lowest BCUT2D eigenvalue weighted by molar-refractivity contribution is 0.474. The first-order valence-electron chi connectivity index (χ1n) is 9.37. The first-order valence-corrected chi connectivity index (χ1v) is 9.37. The number of hydrogen-bond donors (Lipinski definition) is 1. The van der Waals surface area contributed by atoms with Gasteiger partial charge in [-0.05, 0) is 49.9 Å². The summed E-state index contributed by atoms with van der Waals surface area (Å²) in [7, 11) is 0. The summed E-state index contributed by atoms with van der Waals surface area (Å²) in [6.07, 6.45) is 2.15. The second-order valence-electron chi connectivity index (χ2n) is 6.86. The summed E-state index contributed by atoms with van der Waals surface area (Å²) >= 11 is 0. The fourth-order valence-corrected chi connectivity index (χ4v) is 3.69. The molecule has 1 N–H and O–H groups in total. The molecule has 0 atom stereocenters. The lowest BCUT2D eigenvalue weighted by atomic mass is 9.96. The normalized spacial score (nSPS) is 11.1. The fourth-order valence-electron chi connectivity index (χ4n) is 3.69. The van der Waals surface area contributed by atoms with Crippen LogP contribution in [0, 0.1) is 13.8 Å². The van der Waals surface area contributed by atoms with Gasteiger partial charge in [0.2, 0.25) is 0 Å². The highest BCUT2D eigenvalue weighted by molar-refractivity contribution is 6.01. The molecule has 4 nitrogen and oxygen atoms in total. The summed E-state index contributed by atoms with van der Waals surface area (Å²) in [6.45, 7) is 10.3. The van der Waals surface area contributed by atoms with E-state index in [0.29, 0.717) is 0 Å². The molecule has 0 spiro atoms. The standard InChI is InChI=1S/C22H27N3O/c1-5-11-25(12-6-2)22-19-10-8-7-9-18(19)21(23-24-22)20-15(3)13-17(26)14-16(20)4/h7-10,13-14,26H,5-6,11-12H2,1-4H3. The van der Waals surface area contributed by atoms with E-state index in [9.17, 15) is 5.11 Å². The SMILES string of the molecule is CCCN(CCC)c1nnc(-c2c(C)cc(O)cc2C)c2ccccc12. The predicted molar refractivity (Wildman–Crippen MR) is 109 cm³/mol. The lowest BCUT2D eigenvalue weighted by Gasteiger charge is -2.24. The van der Waals surface area contributed by atoms with Crippen molar-refractivity contribution in [2.75, 3.05) is 18.0 Å². The Morgan fingerprint density at radius 1 is 0.885 bits per heavy atom. The van der Waals surface area contributed by atoms with Gasteiger partial charge in [-0.2, -0.15) is 0 Å². The summed E-state index contributed by atoms with van der Waals surface area (Å²) in [4.78, 5) is 2.33. The van der Waals surface area contributed by atoms with E-state index in [0.717, 1.165) is 64.9 Å². The van der Waals surface area contributed by atoms with Crippen LogP contribution in [-0.2, 0) is 0 Å². The number of rotatable bonds is 6. The Hall–Kier alpha value is -2.62. The van der Waals surface area contributed by atoms with Crippen LogP contribution in [0.4, 0.5) is 5.82 Å². The van der Waals surface area contributed by atoms with Crippen molar-refractivity contribution in [1.82, 2.24) is 10.2 Å². The van der Waals surface area contributed by atoms with E-state index >= 15 is 0 Å². The molecule has 0 aliphatic carbocycles. The number of phenols is 1. The third-order valence-electron chi connectivity index (χ3n) is 4.71. The zero-order valence-corrected chi connectivity index (χ0v) is 16.1. The highest BCUT2D eigenvalue weighted by atomic mass is 16.3. The van der Waals surface area contributed by atoms with Crippen LogP contribution < -0.4 is 4.90 Å². The fraction of sp³-hybridized carbons (Fsp3) is 0.364. The molecule has 136 valence electrons. The van der Waals surface area contributed by atoms with Crippen molar-refractivity contribution in [1.29, 1.82) is 0 Å². The molecular weight excluding hydrogens is 322 g/mol. The van der Waals surface area contributed by atoms with Crippen molar-refractivity contribution in [2.45, 2.75) is 40.5 Å². The van der Waals surface area contributed by atoms with Crippen LogP contribution in [0.2, 0.25) is 0 Å². The number of phenolic OH excluding ortho intramolecular Hbond substituents is 1. The summed E-state index contributed by atoms with van der Waals surface area (Å²) in [5.41, 5.74) is 3.95. The van der Waals surface area contributed by atoms with E-state index in [2.05, 4.69) is 47.1 Å². The number of nitrogens with zero attached hydrogens (tertiary/aromatic N) is 3.